The van der Waals surface area contributed by atoms with Crippen LogP contribution in [-0.4, -0.2) is 4.98 Å². The highest BCUT2D eigenvalue weighted by Gasteiger charge is 2.28. The zero-order chi connectivity index (χ0) is 14.2. The van der Waals surface area contributed by atoms with Gasteiger partial charge in [-0.3, -0.25) is 0 Å². The van der Waals surface area contributed by atoms with Crippen LogP contribution in [0.2, 0.25) is 0 Å². The number of pyridine rings is 1. The molecule has 1 aliphatic rings. The van der Waals surface area contributed by atoms with Gasteiger partial charge >= 0.3 is 0 Å². The van der Waals surface area contributed by atoms with Gasteiger partial charge in [0.05, 0.1) is 6.04 Å². The van der Waals surface area contributed by atoms with Crippen LogP contribution >= 0.6 is 0 Å². The molecule has 102 valence electrons. The zero-order valence-electron chi connectivity index (χ0n) is 11.3. The van der Waals surface area contributed by atoms with Crippen LogP contribution in [0.25, 0.3) is 11.1 Å². The van der Waals surface area contributed by atoms with Gasteiger partial charge in [-0.25, -0.2) is 4.98 Å². The molecule has 2 aromatic carbocycles. The number of nitrogens with zero attached hydrogens (tertiary/aromatic N) is 1. The summed E-state index contributed by atoms with van der Waals surface area (Å²) in [5, 5.41) is 3.43. The molecule has 2 heterocycles. The predicted molar refractivity (Wildman–Crippen MR) is 81.5 cm³/mol. The van der Waals surface area contributed by atoms with Crippen LogP contribution in [0.1, 0.15) is 17.2 Å². The van der Waals surface area contributed by atoms with Gasteiger partial charge in [0.15, 0.2) is 0 Å². The van der Waals surface area contributed by atoms with E-state index in [1.54, 1.807) is 0 Å². The number of nitrogens with one attached hydrogen (secondary N) is 1. The van der Waals surface area contributed by atoms with E-state index in [-0.39, 0.29) is 6.04 Å². The van der Waals surface area contributed by atoms with E-state index in [4.69, 9.17) is 0 Å². The van der Waals surface area contributed by atoms with E-state index < -0.39 is 5.95 Å². The van der Waals surface area contributed by atoms with Crippen molar-refractivity contribution in [2.45, 2.75) is 6.04 Å². The summed E-state index contributed by atoms with van der Waals surface area (Å²) in [4.78, 5) is 3.83. The normalized spacial score (nSPS) is 15.8. The Kier molecular flexibility index (Phi) is 2.71. The Morgan fingerprint density at radius 1 is 0.857 bits per heavy atom. The Balaban J connectivity index is 1.98. The number of fused-ring (bicyclic) bond motifs is 3. The molecule has 0 radical (unpaired) electrons. The summed E-state index contributed by atoms with van der Waals surface area (Å²) < 4.78 is 14.3. The van der Waals surface area contributed by atoms with E-state index in [2.05, 4.69) is 10.3 Å². The van der Waals surface area contributed by atoms with Crippen LogP contribution in [0.15, 0.2) is 66.9 Å². The van der Waals surface area contributed by atoms with Gasteiger partial charge in [-0.1, -0.05) is 48.5 Å². The Labute approximate surface area is 122 Å². The number of rotatable bonds is 1. The SMILES string of the molecule is Fc1nccc2c1C(c1ccccc1)Nc1ccccc1-2. The van der Waals surface area contributed by atoms with Crippen molar-refractivity contribution in [2.75, 3.05) is 5.32 Å². The molecule has 0 fully saturated rings. The molecule has 0 spiro atoms. The second kappa shape index (κ2) is 4.70. The quantitative estimate of drug-likeness (QED) is 0.666. The fourth-order valence-electron chi connectivity index (χ4n) is 2.92. The number of aromatic nitrogens is 1. The first kappa shape index (κ1) is 12.1. The molecule has 0 bridgehead atoms. The van der Waals surface area contributed by atoms with Gasteiger partial charge in [-0.15, -0.1) is 0 Å². The third-order valence-electron chi connectivity index (χ3n) is 3.88. The molecule has 1 unspecified atom stereocenters. The molecule has 3 heteroatoms. The Hall–Kier alpha value is -2.68. The summed E-state index contributed by atoms with van der Waals surface area (Å²) in [7, 11) is 0. The lowest BCUT2D eigenvalue weighted by Gasteiger charge is -2.30. The van der Waals surface area contributed by atoms with Gasteiger partial charge in [0, 0.05) is 23.0 Å². The molecular formula is C18H13FN2. The highest BCUT2D eigenvalue weighted by Crippen LogP contribution is 2.43. The lowest BCUT2D eigenvalue weighted by Crippen LogP contribution is -2.20. The molecule has 3 aromatic rings. The average molecular weight is 276 g/mol. The number of anilines is 1. The minimum absolute atomic E-state index is 0.218. The minimum Gasteiger partial charge on any atom is -0.373 e. The first-order valence-electron chi connectivity index (χ1n) is 6.90. The van der Waals surface area contributed by atoms with Gasteiger partial charge < -0.3 is 5.32 Å². The molecule has 4 rings (SSSR count). The third kappa shape index (κ3) is 1.89. The highest BCUT2D eigenvalue weighted by molar-refractivity contribution is 5.84. The van der Waals surface area contributed by atoms with Crippen molar-refractivity contribution < 1.29 is 4.39 Å². The van der Waals surface area contributed by atoms with Crippen LogP contribution in [-0.2, 0) is 0 Å². The molecule has 0 amide bonds. The first-order valence-corrected chi connectivity index (χ1v) is 6.90. The van der Waals surface area contributed by atoms with E-state index >= 15 is 0 Å². The molecule has 1 atom stereocenters. The predicted octanol–water partition coefficient (Wildman–Crippen LogP) is 4.40. The van der Waals surface area contributed by atoms with Crippen LogP contribution in [0.5, 0.6) is 0 Å². The van der Waals surface area contributed by atoms with Crippen molar-refractivity contribution in [1.82, 2.24) is 4.98 Å². The molecule has 21 heavy (non-hydrogen) atoms. The fraction of sp³-hybridized carbons (Fsp3) is 0.0556. The van der Waals surface area contributed by atoms with Crippen molar-refractivity contribution in [3.8, 4) is 11.1 Å². The first-order chi connectivity index (χ1) is 10.3. The molecule has 0 saturated carbocycles. The molecule has 0 aliphatic carbocycles. The number of hydrogen-bond acceptors (Lipinski definition) is 2. The Morgan fingerprint density at radius 2 is 1.62 bits per heavy atom. The number of benzene rings is 2. The van der Waals surface area contributed by atoms with Gasteiger partial charge in [-0.2, -0.15) is 4.39 Å². The van der Waals surface area contributed by atoms with Gasteiger partial charge in [0.2, 0.25) is 5.95 Å². The van der Waals surface area contributed by atoms with Crippen molar-refractivity contribution in [3.63, 3.8) is 0 Å². The molecule has 1 N–H and O–H groups in total. The lowest BCUT2D eigenvalue weighted by molar-refractivity contribution is 0.562. The molecule has 1 aliphatic heterocycles. The lowest BCUT2D eigenvalue weighted by atomic mass is 9.87. The maximum Gasteiger partial charge on any atom is 0.219 e. The van der Waals surface area contributed by atoms with Gasteiger partial charge in [0.25, 0.3) is 0 Å². The van der Waals surface area contributed by atoms with Crippen LogP contribution in [0.4, 0.5) is 10.1 Å². The monoisotopic (exact) mass is 276 g/mol. The summed E-state index contributed by atoms with van der Waals surface area (Å²) in [5.74, 6) is -0.414. The second-order valence-corrected chi connectivity index (χ2v) is 5.10. The van der Waals surface area contributed by atoms with Crippen molar-refractivity contribution in [3.05, 3.63) is 83.9 Å². The van der Waals surface area contributed by atoms with E-state index in [9.17, 15) is 4.39 Å². The number of para-hydroxylation sites is 1. The maximum atomic E-state index is 14.3. The topological polar surface area (TPSA) is 24.9 Å². The van der Waals surface area contributed by atoms with Gasteiger partial charge in [-0.05, 0) is 23.3 Å². The number of hydrogen-bond donors (Lipinski definition) is 1. The minimum atomic E-state index is -0.414. The van der Waals surface area contributed by atoms with Crippen molar-refractivity contribution in [2.24, 2.45) is 0 Å². The highest BCUT2D eigenvalue weighted by atomic mass is 19.1. The number of halogens is 1. The summed E-state index contributed by atoms with van der Waals surface area (Å²) in [6.07, 6.45) is 1.53. The van der Waals surface area contributed by atoms with Crippen LogP contribution < -0.4 is 5.32 Å². The average Bonchev–Trinajstić information content (AvgIpc) is 2.55. The maximum absolute atomic E-state index is 14.3. The summed E-state index contributed by atoms with van der Waals surface area (Å²) in [6, 6.07) is 19.5. The van der Waals surface area contributed by atoms with E-state index in [0.717, 1.165) is 22.4 Å². The molecule has 0 saturated heterocycles. The van der Waals surface area contributed by atoms with Crippen LogP contribution in [0, 0.1) is 5.95 Å². The Morgan fingerprint density at radius 3 is 2.48 bits per heavy atom. The fourth-order valence-corrected chi connectivity index (χ4v) is 2.92. The standard InChI is InChI=1S/C18H13FN2/c19-18-16-14(10-11-20-18)13-8-4-5-9-15(13)21-17(16)12-6-2-1-3-7-12/h1-11,17,21H. The van der Waals surface area contributed by atoms with Crippen LogP contribution in [0.3, 0.4) is 0 Å². The van der Waals surface area contributed by atoms with E-state index in [0.29, 0.717) is 5.56 Å². The van der Waals surface area contributed by atoms with Gasteiger partial charge in [0.1, 0.15) is 0 Å². The van der Waals surface area contributed by atoms with Crippen molar-refractivity contribution >= 4 is 5.69 Å². The molecule has 2 nitrogen and oxygen atoms in total. The summed E-state index contributed by atoms with van der Waals surface area (Å²) in [5.41, 5.74) is 4.58. The smallest absolute Gasteiger partial charge is 0.219 e. The largest absolute Gasteiger partial charge is 0.373 e. The Bertz CT molecular complexity index is 799. The zero-order valence-corrected chi connectivity index (χ0v) is 11.3. The van der Waals surface area contributed by atoms with E-state index in [1.807, 2.05) is 60.7 Å². The van der Waals surface area contributed by atoms with Crippen molar-refractivity contribution in [1.29, 1.82) is 0 Å². The third-order valence-corrected chi connectivity index (χ3v) is 3.88. The summed E-state index contributed by atoms with van der Waals surface area (Å²) >= 11 is 0. The second-order valence-electron chi connectivity index (χ2n) is 5.10. The molecular weight excluding hydrogens is 263 g/mol. The molecule has 1 aromatic heterocycles. The summed E-state index contributed by atoms with van der Waals surface area (Å²) in [6.45, 7) is 0. The van der Waals surface area contributed by atoms with E-state index in [1.165, 1.54) is 6.20 Å².